The van der Waals surface area contributed by atoms with E-state index < -0.39 is 0 Å². The van der Waals surface area contributed by atoms with Crippen molar-refractivity contribution < 1.29 is 0 Å². The Hall–Kier alpha value is -1.10. The summed E-state index contributed by atoms with van der Waals surface area (Å²) in [5.41, 5.74) is 1.36. The molecule has 0 heterocycles. The first-order valence-corrected chi connectivity index (χ1v) is 16.4. The van der Waals surface area contributed by atoms with Crippen molar-refractivity contribution in [3.8, 4) is 0 Å². The number of benzene rings is 1. The van der Waals surface area contributed by atoms with E-state index in [-0.39, 0.29) is 11.3 Å². The van der Waals surface area contributed by atoms with Gasteiger partial charge in [-0.05, 0) is 91.4 Å². The second-order valence-corrected chi connectivity index (χ2v) is 14.6. The molecule has 2 saturated carbocycles. The molecule has 0 radical (unpaired) electrons. The maximum Gasteiger partial charge on any atom is 0.152 e. The molecule has 2 aliphatic carbocycles. The highest BCUT2D eigenvalue weighted by Crippen LogP contribution is 2.45. The van der Waals surface area contributed by atoms with E-state index in [1.165, 1.54) is 69.9 Å². The fourth-order valence-electron chi connectivity index (χ4n) is 7.65. The summed E-state index contributed by atoms with van der Waals surface area (Å²) in [4.78, 5) is 11.2. The van der Waals surface area contributed by atoms with Crippen LogP contribution in [0.25, 0.3) is 0 Å². The van der Waals surface area contributed by atoms with Gasteiger partial charge in [0.05, 0.1) is 0 Å². The lowest BCUT2D eigenvalue weighted by Crippen LogP contribution is -2.76. The Balaban J connectivity index is 2.18. The number of para-hydroxylation sites is 1. The van der Waals surface area contributed by atoms with Crippen LogP contribution in [-0.4, -0.2) is 71.8 Å². The van der Waals surface area contributed by atoms with Crippen LogP contribution in [0.5, 0.6) is 0 Å². The second kappa shape index (κ2) is 14.2. The van der Waals surface area contributed by atoms with Crippen molar-refractivity contribution in [3.05, 3.63) is 30.3 Å². The van der Waals surface area contributed by atoms with Gasteiger partial charge in [0.1, 0.15) is 0 Å². The zero-order valence-corrected chi connectivity index (χ0v) is 27.5. The lowest BCUT2D eigenvalue weighted by molar-refractivity contribution is -0.149. The molecule has 3 unspecified atom stereocenters. The normalized spacial score (nSPS) is 21.5. The smallest absolute Gasteiger partial charge is 0.152 e. The van der Waals surface area contributed by atoms with Crippen LogP contribution >= 0.6 is 0 Å². The van der Waals surface area contributed by atoms with Crippen LogP contribution in [0.2, 0.25) is 0 Å². The van der Waals surface area contributed by atoms with Gasteiger partial charge < -0.3 is 9.80 Å². The third-order valence-corrected chi connectivity index (χ3v) is 10.5. The van der Waals surface area contributed by atoms with Gasteiger partial charge in [-0.1, -0.05) is 77.5 Å². The van der Waals surface area contributed by atoms with E-state index in [0.29, 0.717) is 30.0 Å². The van der Waals surface area contributed by atoms with Crippen molar-refractivity contribution in [2.45, 2.75) is 149 Å². The van der Waals surface area contributed by atoms with Crippen LogP contribution in [-0.2, 0) is 0 Å². The van der Waals surface area contributed by atoms with Gasteiger partial charge in [0.15, 0.2) is 5.79 Å². The summed E-state index contributed by atoms with van der Waals surface area (Å²) in [6, 6.07) is 13.2. The number of hydrogen-bond donors (Lipinski definition) is 0. The standard InChI is InChI=1S/C35H64N4/c1-28(2)30(4)36(8)27-29(3)26-35(38(10)34(5,6)7,37(9)31-20-14-11-15-21-31)39(32-22-16-12-17-23-32)33-24-18-13-19-25-33/h11,14-15,20-21,28-30,32-33H,12-13,16-19,22-27H2,1-10H3. The van der Waals surface area contributed by atoms with Crippen LogP contribution in [0.1, 0.15) is 119 Å². The van der Waals surface area contributed by atoms with E-state index in [2.05, 4.69) is 120 Å². The van der Waals surface area contributed by atoms with Crippen LogP contribution in [0.3, 0.4) is 0 Å². The number of nitrogens with zero attached hydrogens (tertiary/aromatic N) is 4. The molecule has 1 aromatic carbocycles. The van der Waals surface area contributed by atoms with Gasteiger partial charge in [-0.15, -0.1) is 0 Å². The van der Waals surface area contributed by atoms with Gasteiger partial charge in [-0.25, -0.2) is 0 Å². The van der Waals surface area contributed by atoms with Crippen LogP contribution in [0.15, 0.2) is 30.3 Å². The molecular weight excluding hydrogens is 476 g/mol. The van der Waals surface area contributed by atoms with Gasteiger partial charge in [-0.2, -0.15) is 0 Å². The summed E-state index contributed by atoms with van der Waals surface area (Å²) in [5, 5.41) is 0. The predicted molar refractivity (Wildman–Crippen MR) is 171 cm³/mol. The lowest BCUT2D eigenvalue weighted by Gasteiger charge is -2.64. The summed E-state index contributed by atoms with van der Waals surface area (Å²) in [5.74, 6) is 1.02. The van der Waals surface area contributed by atoms with E-state index in [1.54, 1.807) is 0 Å². The van der Waals surface area contributed by atoms with Crippen molar-refractivity contribution in [3.63, 3.8) is 0 Å². The molecule has 4 heteroatoms. The molecule has 4 nitrogen and oxygen atoms in total. The molecule has 39 heavy (non-hydrogen) atoms. The summed E-state index contributed by atoms with van der Waals surface area (Å²) in [7, 11) is 7.19. The quantitative estimate of drug-likeness (QED) is 0.246. The molecule has 224 valence electrons. The molecule has 2 aliphatic rings. The lowest BCUT2D eigenvalue weighted by atomic mass is 9.83. The third-order valence-electron chi connectivity index (χ3n) is 10.5. The van der Waals surface area contributed by atoms with Crippen molar-refractivity contribution in [1.29, 1.82) is 0 Å². The molecule has 0 bridgehead atoms. The highest BCUT2D eigenvalue weighted by atomic mass is 15.6. The first-order chi connectivity index (χ1) is 18.4. The second-order valence-electron chi connectivity index (χ2n) is 14.6. The van der Waals surface area contributed by atoms with Gasteiger partial charge >= 0.3 is 0 Å². The molecule has 0 saturated heterocycles. The largest absolute Gasteiger partial charge is 0.344 e. The Bertz CT molecular complexity index is 803. The molecule has 1 aromatic rings. The fraction of sp³-hybridized carbons (Fsp3) is 0.829. The average Bonchev–Trinajstić information content (AvgIpc) is 2.92. The topological polar surface area (TPSA) is 13.0 Å². The maximum atomic E-state index is 3.12. The molecule has 2 fully saturated rings. The van der Waals surface area contributed by atoms with E-state index in [0.717, 1.165) is 13.0 Å². The van der Waals surface area contributed by atoms with E-state index >= 15 is 0 Å². The Morgan fingerprint density at radius 2 is 1.23 bits per heavy atom. The maximum absolute atomic E-state index is 3.12. The first kappa shape index (κ1) is 32.4. The fourth-order valence-corrected chi connectivity index (χ4v) is 7.65. The van der Waals surface area contributed by atoms with E-state index in [4.69, 9.17) is 0 Å². The summed E-state index contributed by atoms with van der Waals surface area (Å²) >= 11 is 0. The summed E-state index contributed by atoms with van der Waals surface area (Å²) in [6.45, 7) is 18.1. The first-order valence-electron chi connectivity index (χ1n) is 16.4. The zero-order chi connectivity index (χ0) is 28.8. The Labute approximate surface area is 243 Å². The highest BCUT2D eigenvalue weighted by molar-refractivity contribution is 5.48. The van der Waals surface area contributed by atoms with Gasteiger partial charge in [0.25, 0.3) is 0 Å². The molecule has 0 amide bonds. The highest BCUT2D eigenvalue weighted by Gasteiger charge is 2.53. The minimum atomic E-state index is -0.203. The third kappa shape index (κ3) is 7.80. The van der Waals surface area contributed by atoms with Crippen molar-refractivity contribution >= 4 is 5.69 Å². The zero-order valence-electron chi connectivity index (χ0n) is 27.5. The molecule has 0 spiro atoms. The molecule has 0 aliphatic heterocycles. The molecule has 0 aromatic heterocycles. The molecule has 3 atom stereocenters. The van der Waals surface area contributed by atoms with E-state index in [9.17, 15) is 0 Å². The molecule has 3 rings (SSSR count). The summed E-state index contributed by atoms with van der Waals surface area (Å²) < 4.78 is 0. The van der Waals surface area contributed by atoms with Gasteiger partial charge in [-0.3, -0.25) is 9.80 Å². The molecule has 0 N–H and O–H groups in total. The van der Waals surface area contributed by atoms with Crippen molar-refractivity contribution in [2.75, 3.05) is 32.6 Å². The SMILES string of the molecule is CC(CN(C)C(C)C(C)C)CC(N(C)c1ccccc1)(N(C1CCCCC1)C1CCCCC1)N(C)C(C)(C)C. The number of anilines is 1. The van der Waals surface area contributed by atoms with Crippen molar-refractivity contribution in [2.24, 2.45) is 11.8 Å². The van der Waals surface area contributed by atoms with Crippen LogP contribution in [0.4, 0.5) is 5.69 Å². The number of rotatable bonds is 12. The van der Waals surface area contributed by atoms with Crippen LogP contribution < -0.4 is 4.90 Å². The Morgan fingerprint density at radius 3 is 1.67 bits per heavy atom. The van der Waals surface area contributed by atoms with Gasteiger partial charge in [0, 0.05) is 49.4 Å². The summed E-state index contributed by atoms with van der Waals surface area (Å²) in [6.07, 6.45) is 14.8. The molecular formula is C35H64N4. The Kier molecular flexibility index (Phi) is 11.8. The van der Waals surface area contributed by atoms with Crippen LogP contribution in [0, 0.1) is 11.8 Å². The Morgan fingerprint density at radius 1 is 0.744 bits per heavy atom. The van der Waals surface area contributed by atoms with Crippen molar-refractivity contribution in [1.82, 2.24) is 14.7 Å². The minimum absolute atomic E-state index is 0.0292. The predicted octanol–water partition coefficient (Wildman–Crippen LogP) is 8.48. The minimum Gasteiger partial charge on any atom is -0.344 e. The monoisotopic (exact) mass is 541 g/mol. The van der Waals surface area contributed by atoms with E-state index in [1.807, 2.05) is 0 Å². The average molecular weight is 541 g/mol. The number of hydrogen-bond acceptors (Lipinski definition) is 4. The van der Waals surface area contributed by atoms with Gasteiger partial charge in [0.2, 0.25) is 0 Å².